The second-order valence-electron chi connectivity index (χ2n) is 5.35. The van der Waals surface area contributed by atoms with Crippen molar-refractivity contribution in [1.29, 1.82) is 0 Å². The molecule has 2 N–H and O–H groups in total. The summed E-state index contributed by atoms with van der Waals surface area (Å²) in [7, 11) is 0. The first kappa shape index (κ1) is 17.7. The Morgan fingerprint density at radius 1 is 1.41 bits per heavy atom. The van der Waals surface area contributed by atoms with Gasteiger partial charge in [0.2, 0.25) is 0 Å². The summed E-state index contributed by atoms with van der Waals surface area (Å²) in [6.07, 6.45) is 0.991. The van der Waals surface area contributed by atoms with Gasteiger partial charge in [-0.3, -0.25) is 10.1 Å². The number of benzene rings is 1. The number of nitro benzene ring substituents is 1. The van der Waals surface area contributed by atoms with Crippen LogP contribution in [0.4, 0.5) is 5.69 Å². The number of aliphatic imine (C=N–C) groups is 1. The highest BCUT2D eigenvalue weighted by atomic mass is 16.6. The minimum absolute atomic E-state index is 0.0890. The van der Waals surface area contributed by atoms with Crippen LogP contribution in [0.25, 0.3) is 0 Å². The third-order valence-corrected chi connectivity index (χ3v) is 3.12. The molecule has 1 atom stereocenters. The quantitative estimate of drug-likeness (QED) is 0.267. The Morgan fingerprint density at radius 3 is 2.55 bits per heavy atom. The number of nitrogens with one attached hydrogen (secondary N) is 2. The maximum absolute atomic E-state index is 10.6. The number of hydrogen-bond donors (Lipinski definition) is 2. The number of guanidine groups is 1. The second-order valence-corrected chi connectivity index (χ2v) is 5.35. The molecule has 0 spiro atoms. The van der Waals surface area contributed by atoms with Crippen LogP contribution in [0.2, 0.25) is 0 Å². The normalized spacial score (nSPS) is 12.6. The molecule has 0 amide bonds. The van der Waals surface area contributed by atoms with E-state index in [4.69, 9.17) is 0 Å². The monoisotopic (exact) mass is 304 g/mol. The van der Waals surface area contributed by atoms with Crippen LogP contribution in [0, 0.1) is 10.1 Å². The maximum Gasteiger partial charge on any atom is 0.269 e. The zero-order chi connectivity index (χ0) is 16.5. The number of hydrogen-bond acceptors (Lipinski definition) is 3. The fraction of sp³-hybridized carbons (Fsp3) is 0.438. The molecule has 1 rings (SSSR count). The molecule has 0 aliphatic carbocycles. The molecule has 0 fully saturated rings. The predicted octanol–water partition coefficient (Wildman–Crippen LogP) is 3.00. The lowest BCUT2D eigenvalue weighted by Gasteiger charge is -2.17. The molecule has 0 aliphatic heterocycles. The summed E-state index contributed by atoms with van der Waals surface area (Å²) in [4.78, 5) is 14.7. The molecule has 22 heavy (non-hydrogen) atoms. The molecular weight excluding hydrogens is 280 g/mol. The van der Waals surface area contributed by atoms with E-state index in [2.05, 4.69) is 36.1 Å². The van der Waals surface area contributed by atoms with Gasteiger partial charge in [-0.1, -0.05) is 31.2 Å². The van der Waals surface area contributed by atoms with E-state index >= 15 is 0 Å². The topological polar surface area (TPSA) is 79.6 Å². The van der Waals surface area contributed by atoms with Crippen molar-refractivity contribution < 1.29 is 4.92 Å². The number of nitro groups is 1. The maximum atomic E-state index is 10.6. The summed E-state index contributed by atoms with van der Waals surface area (Å²) in [6.45, 7) is 11.1. The van der Waals surface area contributed by atoms with E-state index in [0.717, 1.165) is 23.5 Å². The molecule has 120 valence electrons. The minimum atomic E-state index is -0.405. The summed E-state index contributed by atoms with van der Waals surface area (Å²) in [5, 5.41) is 17.2. The van der Waals surface area contributed by atoms with E-state index in [-0.39, 0.29) is 5.69 Å². The smallest absolute Gasteiger partial charge is 0.269 e. The third-order valence-electron chi connectivity index (χ3n) is 3.12. The second kappa shape index (κ2) is 8.81. The fourth-order valence-electron chi connectivity index (χ4n) is 1.62. The first-order valence-electron chi connectivity index (χ1n) is 7.35. The standard InChI is InChI=1S/C16H24N4O2/c1-5-13(4)19-16(17-10-12(2)3)18-11-14-6-8-15(9-7-14)20(21)22/h6-9,13H,2,5,10-11H2,1,3-4H3,(H2,17,18,19). The van der Waals surface area contributed by atoms with Gasteiger partial charge in [-0.2, -0.15) is 0 Å². The molecular formula is C16H24N4O2. The van der Waals surface area contributed by atoms with Crippen molar-refractivity contribution in [3.8, 4) is 0 Å². The lowest BCUT2D eigenvalue weighted by Crippen LogP contribution is -2.42. The molecule has 0 radical (unpaired) electrons. The van der Waals surface area contributed by atoms with E-state index in [1.165, 1.54) is 12.1 Å². The van der Waals surface area contributed by atoms with Crippen LogP contribution in [0.3, 0.4) is 0 Å². The molecule has 0 heterocycles. The van der Waals surface area contributed by atoms with Crippen LogP contribution in [0.1, 0.15) is 32.8 Å². The molecule has 0 aromatic heterocycles. The highest BCUT2D eigenvalue weighted by Gasteiger charge is 2.05. The number of nitrogens with zero attached hydrogens (tertiary/aromatic N) is 2. The van der Waals surface area contributed by atoms with Gasteiger partial charge in [-0.05, 0) is 25.8 Å². The lowest BCUT2D eigenvalue weighted by molar-refractivity contribution is -0.384. The van der Waals surface area contributed by atoms with E-state index in [1.807, 2.05) is 6.92 Å². The first-order valence-corrected chi connectivity index (χ1v) is 7.35. The zero-order valence-corrected chi connectivity index (χ0v) is 13.4. The van der Waals surface area contributed by atoms with Crippen molar-refractivity contribution in [2.24, 2.45) is 4.99 Å². The van der Waals surface area contributed by atoms with Gasteiger partial charge in [-0.15, -0.1) is 0 Å². The van der Waals surface area contributed by atoms with Gasteiger partial charge in [0, 0.05) is 24.7 Å². The van der Waals surface area contributed by atoms with Crippen molar-refractivity contribution in [1.82, 2.24) is 10.6 Å². The SMILES string of the molecule is C=C(C)CNC(=NCc1ccc([N+](=O)[O-])cc1)NC(C)CC. The average molecular weight is 304 g/mol. The largest absolute Gasteiger partial charge is 0.354 e. The van der Waals surface area contributed by atoms with E-state index in [9.17, 15) is 10.1 Å². The molecule has 0 saturated carbocycles. The molecule has 0 bridgehead atoms. The Hall–Kier alpha value is -2.37. The van der Waals surface area contributed by atoms with Crippen LogP contribution in [0.15, 0.2) is 41.4 Å². The average Bonchev–Trinajstić information content (AvgIpc) is 2.49. The summed E-state index contributed by atoms with van der Waals surface area (Å²) >= 11 is 0. The van der Waals surface area contributed by atoms with Crippen LogP contribution >= 0.6 is 0 Å². The molecule has 6 heteroatoms. The van der Waals surface area contributed by atoms with Crippen LogP contribution < -0.4 is 10.6 Å². The summed E-state index contributed by atoms with van der Waals surface area (Å²) in [5.74, 6) is 0.718. The van der Waals surface area contributed by atoms with E-state index in [0.29, 0.717) is 19.1 Å². The third kappa shape index (κ3) is 6.39. The molecule has 1 aromatic carbocycles. The summed E-state index contributed by atoms with van der Waals surface area (Å²) in [5.41, 5.74) is 2.03. The molecule has 1 aromatic rings. The Bertz CT molecular complexity index is 538. The number of non-ortho nitro benzene ring substituents is 1. The molecule has 6 nitrogen and oxygen atoms in total. The van der Waals surface area contributed by atoms with Gasteiger partial charge >= 0.3 is 0 Å². The van der Waals surface area contributed by atoms with Gasteiger partial charge in [-0.25, -0.2) is 4.99 Å². The molecule has 0 aliphatic rings. The molecule has 0 saturated heterocycles. The highest BCUT2D eigenvalue weighted by Crippen LogP contribution is 2.12. The molecule has 1 unspecified atom stereocenters. The van der Waals surface area contributed by atoms with Gasteiger partial charge < -0.3 is 10.6 Å². The Balaban J connectivity index is 2.73. The van der Waals surface area contributed by atoms with Gasteiger partial charge in [0.15, 0.2) is 5.96 Å². The first-order chi connectivity index (χ1) is 10.4. The van der Waals surface area contributed by atoms with Crippen molar-refractivity contribution >= 4 is 11.6 Å². The lowest BCUT2D eigenvalue weighted by atomic mass is 10.2. The zero-order valence-electron chi connectivity index (χ0n) is 13.4. The van der Waals surface area contributed by atoms with E-state index in [1.54, 1.807) is 12.1 Å². The summed E-state index contributed by atoms with van der Waals surface area (Å²) < 4.78 is 0. The van der Waals surface area contributed by atoms with Crippen molar-refractivity contribution in [3.63, 3.8) is 0 Å². The van der Waals surface area contributed by atoms with Crippen LogP contribution in [0.5, 0.6) is 0 Å². The fourth-order valence-corrected chi connectivity index (χ4v) is 1.62. The van der Waals surface area contributed by atoms with Crippen LogP contribution in [-0.4, -0.2) is 23.5 Å². The minimum Gasteiger partial charge on any atom is -0.354 e. The summed E-state index contributed by atoms with van der Waals surface area (Å²) in [6, 6.07) is 6.75. The highest BCUT2D eigenvalue weighted by molar-refractivity contribution is 5.80. The van der Waals surface area contributed by atoms with Crippen molar-refractivity contribution in [2.45, 2.75) is 39.8 Å². The van der Waals surface area contributed by atoms with Crippen molar-refractivity contribution in [2.75, 3.05) is 6.54 Å². The van der Waals surface area contributed by atoms with Gasteiger partial charge in [0.05, 0.1) is 11.5 Å². The predicted molar refractivity (Wildman–Crippen MR) is 89.9 cm³/mol. The van der Waals surface area contributed by atoms with E-state index < -0.39 is 4.92 Å². The van der Waals surface area contributed by atoms with Crippen LogP contribution in [-0.2, 0) is 6.54 Å². The number of rotatable bonds is 7. The van der Waals surface area contributed by atoms with Crippen molar-refractivity contribution in [3.05, 3.63) is 52.1 Å². The Labute approximate surface area is 131 Å². The van der Waals surface area contributed by atoms with Gasteiger partial charge in [0.25, 0.3) is 5.69 Å². The Morgan fingerprint density at radius 2 is 2.05 bits per heavy atom. The van der Waals surface area contributed by atoms with Gasteiger partial charge in [0.1, 0.15) is 0 Å². The Kier molecular flexibility index (Phi) is 7.08.